The fourth-order valence-corrected chi connectivity index (χ4v) is 4.83. The second-order valence-electron chi connectivity index (χ2n) is 7.69. The molecule has 0 bridgehead atoms. The SMILES string of the molecule is CC(c1nc(-c2ccc(C#N)cc2)cs1)C(Cn1cncn1)(OC(=O)OCCl)c1ccc(F)cc1F. The third-order valence-electron chi connectivity index (χ3n) is 5.59. The summed E-state index contributed by atoms with van der Waals surface area (Å²) < 4.78 is 41.0. The van der Waals surface area contributed by atoms with Crippen LogP contribution in [0.4, 0.5) is 13.6 Å². The molecule has 36 heavy (non-hydrogen) atoms. The van der Waals surface area contributed by atoms with E-state index in [0.717, 1.165) is 11.6 Å². The van der Waals surface area contributed by atoms with E-state index in [9.17, 15) is 9.18 Å². The second kappa shape index (κ2) is 10.8. The first-order chi connectivity index (χ1) is 17.4. The van der Waals surface area contributed by atoms with E-state index in [2.05, 4.69) is 16.2 Å². The molecule has 0 aliphatic heterocycles. The zero-order valence-corrected chi connectivity index (χ0v) is 20.3. The minimum Gasteiger partial charge on any atom is -0.420 e. The number of nitriles is 1. The molecule has 2 atom stereocenters. The van der Waals surface area contributed by atoms with Gasteiger partial charge in [0, 0.05) is 22.6 Å². The van der Waals surface area contributed by atoms with Crippen LogP contribution in [0.25, 0.3) is 11.3 Å². The Morgan fingerprint density at radius 3 is 2.69 bits per heavy atom. The Bertz CT molecular complexity index is 1390. The maximum atomic E-state index is 15.2. The molecule has 0 fully saturated rings. The second-order valence-corrected chi connectivity index (χ2v) is 8.80. The average molecular weight is 530 g/mol. The molecule has 184 valence electrons. The smallest absolute Gasteiger partial charge is 0.420 e. The number of benzene rings is 2. The Labute approximate surface area is 213 Å². The quantitative estimate of drug-likeness (QED) is 0.216. The molecule has 0 saturated carbocycles. The minimum absolute atomic E-state index is 0.103. The van der Waals surface area contributed by atoms with Crippen molar-refractivity contribution in [1.29, 1.82) is 5.26 Å². The van der Waals surface area contributed by atoms with Crippen LogP contribution in [0.3, 0.4) is 0 Å². The molecule has 4 aromatic rings. The lowest BCUT2D eigenvalue weighted by molar-refractivity contribution is -0.0620. The maximum Gasteiger partial charge on any atom is 0.510 e. The zero-order valence-electron chi connectivity index (χ0n) is 18.8. The summed E-state index contributed by atoms with van der Waals surface area (Å²) in [5.41, 5.74) is 0.0138. The standard InChI is InChI=1S/C24H18ClF2N5O3S/c1-15(22-31-21(10-36-22)17-4-2-16(9-28)3-5-17)24(35-23(33)34-12-25,11-32-14-29-13-30-32)19-7-6-18(26)8-20(19)27/h2-8,10,13-15H,11-12H2,1H3. The number of nitrogens with zero attached hydrogens (tertiary/aromatic N) is 5. The van der Waals surface area contributed by atoms with Crippen molar-refractivity contribution in [2.45, 2.75) is 25.0 Å². The molecule has 2 aromatic carbocycles. The van der Waals surface area contributed by atoms with Crippen LogP contribution in [0.2, 0.25) is 0 Å². The summed E-state index contributed by atoms with van der Waals surface area (Å²) in [5.74, 6) is -2.48. The van der Waals surface area contributed by atoms with Gasteiger partial charge in [-0.1, -0.05) is 30.7 Å². The minimum atomic E-state index is -1.77. The molecule has 0 aliphatic carbocycles. The number of rotatable bonds is 8. The topological polar surface area (TPSA) is 103 Å². The number of hydrogen-bond donors (Lipinski definition) is 0. The predicted molar refractivity (Wildman–Crippen MR) is 127 cm³/mol. The van der Waals surface area contributed by atoms with Crippen LogP contribution in [-0.4, -0.2) is 32.0 Å². The lowest BCUT2D eigenvalue weighted by Crippen LogP contribution is -2.43. The van der Waals surface area contributed by atoms with Gasteiger partial charge >= 0.3 is 6.16 Å². The van der Waals surface area contributed by atoms with Crippen molar-refractivity contribution in [3.8, 4) is 17.3 Å². The summed E-state index contributed by atoms with van der Waals surface area (Å²) in [6, 6.07) is 11.4. The molecule has 0 N–H and O–H groups in total. The highest BCUT2D eigenvalue weighted by molar-refractivity contribution is 7.10. The van der Waals surface area contributed by atoms with Crippen LogP contribution in [0.15, 0.2) is 60.5 Å². The molecular formula is C24H18ClF2N5O3S. The van der Waals surface area contributed by atoms with E-state index in [4.69, 9.17) is 31.3 Å². The van der Waals surface area contributed by atoms with E-state index in [1.807, 2.05) is 0 Å². The number of ether oxygens (including phenoxy) is 2. The van der Waals surface area contributed by atoms with Gasteiger partial charge in [0.25, 0.3) is 0 Å². The zero-order chi connectivity index (χ0) is 25.7. The summed E-state index contributed by atoms with van der Waals surface area (Å²) in [5, 5.41) is 15.4. The van der Waals surface area contributed by atoms with Crippen LogP contribution in [0.5, 0.6) is 0 Å². The first-order valence-corrected chi connectivity index (χ1v) is 11.9. The van der Waals surface area contributed by atoms with Crippen LogP contribution < -0.4 is 0 Å². The lowest BCUT2D eigenvalue weighted by atomic mass is 9.81. The van der Waals surface area contributed by atoms with Gasteiger partial charge < -0.3 is 9.47 Å². The van der Waals surface area contributed by atoms with Crippen molar-refractivity contribution in [3.05, 3.63) is 88.3 Å². The first-order valence-electron chi connectivity index (χ1n) is 10.5. The lowest BCUT2D eigenvalue weighted by Gasteiger charge is -2.37. The van der Waals surface area contributed by atoms with Crippen molar-refractivity contribution in [1.82, 2.24) is 19.7 Å². The third-order valence-corrected chi connectivity index (χ3v) is 6.73. The van der Waals surface area contributed by atoms with Crippen LogP contribution in [-0.2, 0) is 21.6 Å². The van der Waals surface area contributed by atoms with Crippen molar-refractivity contribution < 1.29 is 23.0 Å². The van der Waals surface area contributed by atoms with Crippen molar-refractivity contribution in [3.63, 3.8) is 0 Å². The third kappa shape index (κ3) is 5.19. The highest BCUT2D eigenvalue weighted by atomic mass is 35.5. The summed E-state index contributed by atoms with van der Waals surface area (Å²) in [6.45, 7) is 1.52. The molecule has 2 unspecified atom stereocenters. The van der Waals surface area contributed by atoms with Crippen LogP contribution in [0.1, 0.15) is 29.0 Å². The Morgan fingerprint density at radius 2 is 2.06 bits per heavy atom. The van der Waals surface area contributed by atoms with Gasteiger partial charge in [-0.15, -0.1) is 11.3 Å². The summed E-state index contributed by atoms with van der Waals surface area (Å²) in [4.78, 5) is 21.2. The molecule has 0 spiro atoms. The Morgan fingerprint density at radius 1 is 1.28 bits per heavy atom. The normalized spacial score (nSPS) is 13.4. The largest absolute Gasteiger partial charge is 0.510 e. The number of aromatic nitrogens is 4. The average Bonchev–Trinajstić information content (AvgIpc) is 3.56. The Hall–Kier alpha value is -3.88. The van der Waals surface area contributed by atoms with Crippen LogP contribution in [0, 0.1) is 23.0 Å². The van der Waals surface area contributed by atoms with Crippen LogP contribution >= 0.6 is 22.9 Å². The molecule has 0 saturated heterocycles. The van der Waals surface area contributed by atoms with Gasteiger partial charge in [-0.05, 0) is 24.3 Å². The number of alkyl halides is 1. The molecule has 0 aliphatic rings. The maximum absolute atomic E-state index is 15.2. The van der Waals surface area contributed by atoms with Gasteiger partial charge in [0.2, 0.25) is 0 Å². The number of carbonyl (C=O) groups excluding carboxylic acids is 1. The van der Waals surface area contributed by atoms with Crippen molar-refractivity contribution in [2.75, 3.05) is 6.07 Å². The van der Waals surface area contributed by atoms with E-state index < -0.39 is 35.4 Å². The van der Waals surface area contributed by atoms with E-state index in [0.29, 0.717) is 22.3 Å². The van der Waals surface area contributed by atoms with Crippen molar-refractivity contribution in [2.24, 2.45) is 0 Å². The molecule has 0 amide bonds. The van der Waals surface area contributed by atoms with Gasteiger partial charge in [0.15, 0.2) is 11.7 Å². The number of halogens is 3. The number of hydrogen-bond acceptors (Lipinski definition) is 8. The van der Waals surface area contributed by atoms with Gasteiger partial charge in [-0.2, -0.15) is 10.4 Å². The van der Waals surface area contributed by atoms with E-state index in [-0.39, 0.29) is 12.1 Å². The van der Waals surface area contributed by atoms with E-state index in [1.54, 1.807) is 36.6 Å². The fourth-order valence-electron chi connectivity index (χ4n) is 3.78. The molecule has 4 rings (SSSR count). The molecule has 0 radical (unpaired) electrons. The summed E-state index contributed by atoms with van der Waals surface area (Å²) in [6.07, 6.45) is 1.51. The predicted octanol–water partition coefficient (Wildman–Crippen LogP) is 5.60. The monoisotopic (exact) mass is 529 g/mol. The highest BCUT2D eigenvalue weighted by Crippen LogP contribution is 2.44. The van der Waals surface area contributed by atoms with Gasteiger partial charge in [0.1, 0.15) is 29.3 Å². The van der Waals surface area contributed by atoms with Gasteiger partial charge in [0.05, 0.1) is 29.8 Å². The van der Waals surface area contributed by atoms with Gasteiger partial charge in [-0.25, -0.2) is 28.2 Å². The Balaban J connectivity index is 1.83. The summed E-state index contributed by atoms with van der Waals surface area (Å²) in [7, 11) is 0. The molecule has 12 heteroatoms. The van der Waals surface area contributed by atoms with E-state index in [1.165, 1.54) is 34.7 Å². The number of thiazole rings is 1. The molecule has 2 heterocycles. The molecular weight excluding hydrogens is 512 g/mol. The van der Waals surface area contributed by atoms with Crippen molar-refractivity contribution >= 4 is 29.1 Å². The molecule has 2 aromatic heterocycles. The Kier molecular flexibility index (Phi) is 7.57. The fraction of sp³-hybridized carbons (Fsp3) is 0.208. The van der Waals surface area contributed by atoms with Gasteiger partial charge in [-0.3, -0.25) is 0 Å². The first kappa shape index (κ1) is 25.2. The molecule has 8 nitrogen and oxygen atoms in total. The van der Waals surface area contributed by atoms with E-state index >= 15 is 4.39 Å². The summed E-state index contributed by atoms with van der Waals surface area (Å²) >= 11 is 6.82. The number of carbonyl (C=O) groups is 1. The highest BCUT2D eigenvalue weighted by Gasteiger charge is 2.47.